The van der Waals surface area contributed by atoms with Crippen LogP contribution in [0.15, 0.2) is 12.3 Å². The fourth-order valence-corrected chi connectivity index (χ4v) is 4.79. The van der Waals surface area contributed by atoms with E-state index < -0.39 is 0 Å². The molecule has 1 aromatic heterocycles. The number of hydrogen-bond acceptors (Lipinski definition) is 2. The first-order valence-corrected chi connectivity index (χ1v) is 9.97. The number of rotatable bonds is 7. The number of hydrogen-bond donors (Lipinski definition) is 0. The quantitative estimate of drug-likeness (QED) is 0.664. The standard InChI is InChI=1S/C20H31ClN2/c1-3-20(4-2)13-16(14-20)12-17-6-9-22-19-7-11-23(10-5-8-21)15-18(17)19/h6,9,16H,3-5,7-8,10-15H2,1-2H3. The molecule has 128 valence electrons. The zero-order chi connectivity index (χ0) is 16.3. The van der Waals surface area contributed by atoms with Crippen molar-refractivity contribution in [3.05, 3.63) is 29.1 Å². The van der Waals surface area contributed by atoms with Crippen LogP contribution < -0.4 is 0 Å². The molecule has 0 radical (unpaired) electrons. The van der Waals surface area contributed by atoms with E-state index in [2.05, 4.69) is 29.8 Å². The van der Waals surface area contributed by atoms with Crippen LogP contribution in [-0.2, 0) is 19.4 Å². The topological polar surface area (TPSA) is 16.1 Å². The van der Waals surface area contributed by atoms with Gasteiger partial charge in [-0.15, -0.1) is 11.6 Å². The molecule has 0 saturated heterocycles. The normalized spacial score (nSPS) is 21.0. The van der Waals surface area contributed by atoms with Crippen LogP contribution in [0.1, 0.15) is 62.8 Å². The van der Waals surface area contributed by atoms with Crippen molar-refractivity contribution in [1.82, 2.24) is 9.88 Å². The van der Waals surface area contributed by atoms with Gasteiger partial charge >= 0.3 is 0 Å². The lowest BCUT2D eigenvalue weighted by Gasteiger charge is -2.48. The van der Waals surface area contributed by atoms with Crippen molar-refractivity contribution in [3.8, 4) is 0 Å². The largest absolute Gasteiger partial charge is 0.299 e. The van der Waals surface area contributed by atoms with E-state index in [0.29, 0.717) is 5.41 Å². The SMILES string of the molecule is CCC1(CC)CC(Cc2ccnc3c2CN(CCCCl)CC3)C1. The van der Waals surface area contributed by atoms with Crippen LogP contribution in [0.2, 0.25) is 0 Å². The van der Waals surface area contributed by atoms with Gasteiger partial charge in [0, 0.05) is 37.3 Å². The summed E-state index contributed by atoms with van der Waals surface area (Å²) in [5.74, 6) is 1.65. The molecule has 3 heteroatoms. The lowest BCUT2D eigenvalue weighted by atomic mass is 9.58. The molecule has 1 aliphatic heterocycles. The van der Waals surface area contributed by atoms with E-state index in [4.69, 9.17) is 11.6 Å². The van der Waals surface area contributed by atoms with Crippen molar-refractivity contribution in [2.75, 3.05) is 19.0 Å². The highest BCUT2D eigenvalue weighted by Gasteiger charge is 2.41. The lowest BCUT2D eigenvalue weighted by molar-refractivity contribution is 0.0456. The Labute approximate surface area is 146 Å². The maximum absolute atomic E-state index is 5.86. The molecule has 3 rings (SSSR count). The zero-order valence-corrected chi connectivity index (χ0v) is 15.5. The molecule has 0 amide bonds. The van der Waals surface area contributed by atoms with Crippen molar-refractivity contribution in [1.29, 1.82) is 0 Å². The maximum atomic E-state index is 5.86. The first-order valence-electron chi connectivity index (χ1n) is 9.43. The van der Waals surface area contributed by atoms with Gasteiger partial charge in [0.2, 0.25) is 0 Å². The molecule has 2 heterocycles. The van der Waals surface area contributed by atoms with Crippen LogP contribution in [-0.4, -0.2) is 28.9 Å². The number of halogens is 1. The van der Waals surface area contributed by atoms with Gasteiger partial charge in [0.05, 0.1) is 0 Å². The summed E-state index contributed by atoms with van der Waals surface area (Å²) in [6.07, 6.45) is 11.0. The van der Waals surface area contributed by atoms with Gasteiger partial charge in [-0.3, -0.25) is 9.88 Å². The zero-order valence-electron chi connectivity index (χ0n) is 14.8. The van der Waals surface area contributed by atoms with E-state index in [0.717, 1.165) is 44.3 Å². The molecule has 2 nitrogen and oxygen atoms in total. The van der Waals surface area contributed by atoms with Gasteiger partial charge in [0.15, 0.2) is 0 Å². The highest BCUT2D eigenvalue weighted by Crippen LogP contribution is 2.51. The molecule has 1 saturated carbocycles. The smallest absolute Gasteiger partial charge is 0.0464 e. The number of nitrogens with zero attached hydrogens (tertiary/aromatic N) is 2. The van der Waals surface area contributed by atoms with Gasteiger partial charge < -0.3 is 0 Å². The lowest BCUT2D eigenvalue weighted by Crippen LogP contribution is -2.38. The van der Waals surface area contributed by atoms with Crippen molar-refractivity contribution in [2.45, 2.75) is 65.3 Å². The third kappa shape index (κ3) is 3.74. The summed E-state index contributed by atoms with van der Waals surface area (Å²) in [5, 5.41) is 0. The van der Waals surface area contributed by atoms with E-state index in [1.807, 2.05) is 6.20 Å². The maximum Gasteiger partial charge on any atom is 0.0464 e. The summed E-state index contributed by atoms with van der Waals surface area (Å²) in [4.78, 5) is 7.21. The Hall–Kier alpha value is -0.600. The molecule has 0 bridgehead atoms. The Bertz CT molecular complexity index is 516. The predicted molar refractivity (Wildman–Crippen MR) is 98.0 cm³/mol. The Kier molecular flexibility index (Phi) is 5.64. The highest BCUT2D eigenvalue weighted by molar-refractivity contribution is 6.17. The van der Waals surface area contributed by atoms with E-state index in [1.165, 1.54) is 43.4 Å². The fraction of sp³-hybridized carbons (Fsp3) is 0.750. The van der Waals surface area contributed by atoms with Crippen molar-refractivity contribution < 1.29 is 0 Å². The van der Waals surface area contributed by atoms with Crippen LogP contribution in [0.3, 0.4) is 0 Å². The second kappa shape index (κ2) is 7.53. The minimum absolute atomic E-state index is 0.657. The number of alkyl halides is 1. The summed E-state index contributed by atoms with van der Waals surface area (Å²) in [5.41, 5.74) is 5.10. The van der Waals surface area contributed by atoms with E-state index in [9.17, 15) is 0 Å². The third-order valence-electron chi connectivity index (χ3n) is 6.35. The van der Waals surface area contributed by atoms with Crippen LogP contribution in [0.5, 0.6) is 0 Å². The van der Waals surface area contributed by atoms with Crippen LogP contribution in [0.4, 0.5) is 0 Å². The van der Waals surface area contributed by atoms with Crippen LogP contribution in [0.25, 0.3) is 0 Å². The Morgan fingerprint density at radius 3 is 2.78 bits per heavy atom. The molecule has 0 atom stereocenters. The Morgan fingerprint density at radius 1 is 1.30 bits per heavy atom. The van der Waals surface area contributed by atoms with Crippen molar-refractivity contribution in [3.63, 3.8) is 0 Å². The predicted octanol–water partition coefficient (Wildman–Crippen LogP) is 4.83. The minimum Gasteiger partial charge on any atom is -0.299 e. The van der Waals surface area contributed by atoms with E-state index in [1.54, 1.807) is 5.56 Å². The summed E-state index contributed by atoms with van der Waals surface area (Å²) in [6.45, 7) is 8.06. The summed E-state index contributed by atoms with van der Waals surface area (Å²) >= 11 is 5.86. The molecule has 0 unspecified atom stereocenters. The monoisotopic (exact) mass is 334 g/mol. The average molecular weight is 335 g/mol. The van der Waals surface area contributed by atoms with Gasteiger partial charge in [0.25, 0.3) is 0 Å². The second-order valence-corrected chi connectivity index (χ2v) is 8.03. The Morgan fingerprint density at radius 2 is 2.09 bits per heavy atom. The highest BCUT2D eigenvalue weighted by atomic mass is 35.5. The fourth-order valence-electron chi connectivity index (χ4n) is 4.67. The first kappa shape index (κ1) is 17.2. The van der Waals surface area contributed by atoms with Gasteiger partial charge in [-0.25, -0.2) is 0 Å². The minimum atomic E-state index is 0.657. The molecule has 1 aromatic rings. The molecule has 0 spiro atoms. The van der Waals surface area contributed by atoms with Crippen LogP contribution in [0, 0.1) is 11.3 Å². The molecule has 0 aromatic carbocycles. The summed E-state index contributed by atoms with van der Waals surface area (Å²) in [7, 11) is 0. The third-order valence-corrected chi connectivity index (χ3v) is 6.62. The summed E-state index contributed by atoms with van der Waals surface area (Å²) < 4.78 is 0. The molecule has 1 fully saturated rings. The van der Waals surface area contributed by atoms with E-state index in [-0.39, 0.29) is 0 Å². The van der Waals surface area contributed by atoms with Crippen molar-refractivity contribution >= 4 is 11.6 Å². The van der Waals surface area contributed by atoms with Crippen molar-refractivity contribution in [2.24, 2.45) is 11.3 Å². The van der Waals surface area contributed by atoms with E-state index >= 15 is 0 Å². The number of aromatic nitrogens is 1. The van der Waals surface area contributed by atoms with Gasteiger partial charge in [-0.05, 0) is 60.8 Å². The average Bonchev–Trinajstić information content (AvgIpc) is 2.56. The molecule has 0 N–H and O–H groups in total. The Balaban J connectivity index is 1.65. The first-order chi connectivity index (χ1) is 11.2. The van der Waals surface area contributed by atoms with Crippen LogP contribution >= 0.6 is 11.6 Å². The number of fused-ring (bicyclic) bond motifs is 1. The molecule has 1 aliphatic carbocycles. The molecule has 23 heavy (non-hydrogen) atoms. The molecular weight excluding hydrogens is 304 g/mol. The summed E-state index contributed by atoms with van der Waals surface area (Å²) in [6, 6.07) is 2.28. The van der Waals surface area contributed by atoms with Gasteiger partial charge in [0.1, 0.15) is 0 Å². The van der Waals surface area contributed by atoms with Gasteiger partial charge in [-0.1, -0.05) is 26.7 Å². The number of pyridine rings is 1. The van der Waals surface area contributed by atoms with Gasteiger partial charge in [-0.2, -0.15) is 0 Å². The second-order valence-electron chi connectivity index (χ2n) is 7.65. The molecule has 2 aliphatic rings. The molecular formula is C20H31ClN2.